The van der Waals surface area contributed by atoms with E-state index >= 15 is 0 Å². The predicted molar refractivity (Wildman–Crippen MR) is 70.3 cm³/mol. The lowest BCUT2D eigenvalue weighted by atomic mass is 9.74. The molecule has 1 aromatic carbocycles. The van der Waals surface area contributed by atoms with Gasteiger partial charge in [-0.25, -0.2) is 0 Å². The maximum atomic E-state index is 11.0. The quantitative estimate of drug-likeness (QED) is 0.811. The molecule has 3 aliphatic heterocycles. The first kappa shape index (κ1) is 11.6. The van der Waals surface area contributed by atoms with Gasteiger partial charge >= 0.3 is 0 Å². The van der Waals surface area contributed by atoms with Gasteiger partial charge in [0.15, 0.2) is 11.5 Å². The van der Waals surface area contributed by atoms with Crippen LogP contribution in [-0.4, -0.2) is 24.0 Å². The van der Waals surface area contributed by atoms with Crippen molar-refractivity contribution in [3.63, 3.8) is 0 Å². The van der Waals surface area contributed by atoms with Crippen molar-refractivity contribution in [1.82, 2.24) is 5.32 Å². The maximum Gasteiger partial charge on any atom is 0.231 e. The Morgan fingerprint density at radius 1 is 1.11 bits per heavy atom. The number of piperidine rings is 2. The third kappa shape index (κ3) is 1.90. The van der Waals surface area contributed by atoms with Gasteiger partial charge in [-0.15, -0.1) is 0 Å². The van der Waals surface area contributed by atoms with Crippen LogP contribution in [0, 0.1) is 0 Å². The second kappa shape index (κ2) is 4.12. The molecule has 102 valence electrons. The van der Waals surface area contributed by atoms with Gasteiger partial charge in [0, 0.05) is 12.1 Å². The summed E-state index contributed by atoms with van der Waals surface area (Å²) in [6.07, 6.45) is 5.21. The summed E-state index contributed by atoms with van der Waals surface area (Å²) >= 11 is 0. The van der Waals surface area contributed by atoms with E-state index in [1.165, 1.54) is 19.3 Å². The SMILES string of the molecule is OC1(c2ccc3c(c2)OCO3)CC2CCCC(C1)N2. The van der Waals surface area contributed by atoms with E-state index in [-0.39, 0.29) is 6.79 Å². The average molecular weight is 261 g/mol. The minimum atomic E-state index is -0.720. The lowest BCUT2D eigenvalue weighted by Gasteiger charge is -2.45. The Bertz CT molecular complexity index is 490. The highest BCUT2D eigenvalue weighted by atomic mass is 16.7. The van der Waals surface area contributed by atoms with Crippen LogP contribution in [0.4, 0.5) is 0 Å². The molecule has 0 spiro atoms. The summed E-state index contributed by atoms with van der Waals surface area (Å²) in [5, 5.41) is 14.7. The van der Waals surface area contributed by atoms with E-state index in [1.54, 1.807) is 0 Å². The topological polar surface area (TPSA) is 50.7 Å². The zero-order valence-corrected chi connectivity index (χ0v) is 10.9. The molecule has 0 amide bonds. The highest BCUT2D eigenvalue weighted by Gasteiger charge is 2.42. The maximum absolute atomic E-state index is 11.0. The minimum Gasteiger partial charge on any atom is -0.454 e. The molecule has 4 rings (SSSR count). The van der Waals surface area contributed by atoms with Crippen LogP contribution in [0.25, 0.3) is 0 Å². The van der Waals surface area contributed by atoms with Crippen LogP contribution < -0.4 is 14.8 Å². The van der Waals surface area contributed by atoms with E-state index in [0.29, 0.717) is 12.1 Å². The number of rotatable bonds is 1. The molecule has 2 atom stereocenters. The average Bonchev–Trinajstić information content (AvgIpc) is 2.85. The zero-order valence-electron chi connectivity index (χ0n) is 10.9. The normalized spacial score (nSPS) is 36.3. The Labute approximate surface area is 112 Å². The van der Waals surface area contributed by atoms with Crippen LogP contribution in [0.15, 0.2) is 18.2 Å². The lowest BCUT2D eigenvalue weighted by Crippen LogP contribution is -2.54. The Kier molecular flexibility index (Phi) is 2.50. The van der Waals surface area contributed by atoms with E-state index in [0.717, 1.165) is 29.9 Å². The van der Waals surface area contributed by atoms with E-state index in [1.807, 2.05) is 18.2 Å². The first-order valence-electron chi connectivity index (χ1n) is 7.11. The number of ether oxygens (including phenoxy) is 2. The number of fused-ring (bicyclic) bond motifs is 3. The molecule has 0 radical (unpaired) electrons. The van der Waals surface area contributed by atoms with Gasteiger partial charge in [0.1, 0.15) is 0 Å². The Morgan fingerprint density at radius 2 is 1.84 bits per heavy atom. The standard InChI is InChI=1S/C15H19NO3/c17-15(7-11-2-1-3-12(8-15)16-11)10-4-5-13-14(6-10)19-9-18-13/h4-6,11-12,16-17H,1-3,7-9H2. The molecule has 4 heteroatoms. The summed E-state index contributed by atoms with van der Waals surface area (Å²) in [4.78, 5) is 0. The highest BCUT2D eigenvalue weighted by molar-refractivity contribution is 5.46. The van der Waals surface area contributed by atoms with Crippen LogP contribution in [0.5, 0.6) is 11.5 Å². The summed E-state index contributed by atoms with van der Waals surface area (Å²) < 4.78 is 10.8. The second-order valence-electron chi connectivity index (χ2n) is 6.00. The molecule has 19 heavy (non-hydrogen) atoms. The van der Waals surface area contributed by atoms with Crippen molar-refractivity contribution in [3.8, 4) is 11.5 Å². The molecule has 2 bridgehead atoms. The smallest absolute Gasteiger partial charge is 0.231 e. The second-order valence-corrected chi connectivity index (χ2v) is 6.00. The molecule has 3 heterocycles. The summed E-state index contributed by atoms with van der Waals surface area (Å²) in [5.41, 5.74) is 0.247. The number of nitrogens with one attached hydrogen (secondary N) is 1. The van der Waals surface area contributed by atoms with Crippen molar-refractivity contribution in [3.05, 3.63) is 23.8 Å². The molecule has 3 aliphatic rings. The lowest BCUT2D eigenvalue weighted by molar-refractivity contribution is -0.0359. The number of hydrogen-bond acceptors (Lipinski definition) is 4. The van der Waals surface area contributed by atoms with E-state index in [4.69, 9.17) is 9.47 Å². The molecule has 2 fully saturated rings. The Balaban J connectivity index is 1.67. The van der Waals surface area contributed by atoms with Crippen LogP contribution in [-0.2, 0) is 5.60 Å². The van der Waals surface area contributed by atoms with Gasteiger partial charge in [0.05, 0.1) is 5.60 Å². The molecular formula is C15H19NO3. The first-order chi connectivity index (χ1) is 9.23. The van der Waals surface area contributed by atoms with Gasteiger partial charge in [-0.05, 0) is 43.4 Å². The van der Waals surface area contributed by atoms with Crippen molar-refractivity contribution in [1.29, 1.82) is 0 Å². The monoisotopic (exact) mass is 261 g/mol. The molecule has 0 aliphatic carbocycles. The number of hydrogen-bond donors (Lipinski definition) is 2. The minimum absolute atomic E-state index is 0.282. The molecular weight excluding hydrogens is 242 g/mol. The molecule has 4 nitrogen and oxygen atoms in total. The number of aliphatic hydroxyl groups is 1. The third-order valence-corrected chi connectivity index (χ3v) is 4.65. The Hall–Kier alpha value is -1.26. The van der Waals surface area contributed by atoms with Crippen LogP contribution >= 0.6 is 0 Å². The number of benzene rings is 1. The molecule has 0 aromatic heterocycles. The van der Waals surface area contributed by atoms with Gasteiger partial charge in [-0.2, -0.15) is 0 Å². The molecule has 1 aromatic rings. The predicted octanol–water partition coefficient (Wildman–Crippen LogP) is 1.91. The summed E-state index contributed by atoms with van der Waals surface area (Å²) in [7, 11) is 0. The van der Waals surface area contributed by atoms with Gasteiger partial charge in [-0.3, -0.25) is 0 Å². The molecule has 2 saturated heterocycles. The van der Waals surface area contributed by atoms with Gasteiger partial charge in [0.2, 0.25) is 6.79 Å². The van der Waals surface area contributed by atoms with Crippen molar-refractivity contribution >= 4 is 0 Å². The molecule has 0 saturated carbocycles. The fourth-order valence-electron chi connectivity index (χ4n) is 3.75. The van der Waals surface area contributed by atoms with Gasteiger partial charge in [0.25, 0.3) is 0 Å². The molecule has 2 N–H and O–H groups in total. The van der Waals surface area contributed by atoms with Crippen molar-refractivity contribution in [2.75, 3.05) is 6.79 Å². The molecule has 2 unspecified atom stereocenters. The summed E-state index contributed by atoms with van der Waals surface area (Å²) in [5.74, 6) is 1.54. The van der Waals surface area contributed by atoms with Crippen LogP contribution in [0.1, 0.15) is 37.7 Å². The first-order valence-corrected chi connectivity index (χ1v) is 7.11. The van der Waals surface area contributed by atoms with Gasteiger partial charge < -0.3 is 19.9 Å². The van der Waals surface area contributed by atoms with Crippen molar-refractivity contribution in [2.45, 2.75) is 49.8 Å². The zero-order chi connectivity index (χ0) is 12.9. The summed E-state index contributed by atoms with van der Waals surface area (Å²) in [6, 6.07) is 6.73. The van der Waals surface area contributed by atoms with Crippen LogP contribution in [0.2, 0.25) is 0 Å². The van der Waals surface area contributed by atoms with E-state index in [2.05, 4.69) is 5.32 Å². The largest absolute Gasteiger partial charge is 0.454 e. The third-order valence-electron chi connectivity index (χ3n) is 4.65. The van der Waals surface area contributed by atoms with E-state index in [9.17, 15) is 5.11 Å². The van der Waals surface area contributed by atoms with Crippen molar-refractivity contribution < 1.29 is 14.6 Å². The fraction of sp³-hybridized carbons (Fsp3) is 0.600. The van der Waals surface area contributed by atoms with Gasteiger partial charge in [-0.1, -0.05) is 12.5 Å². The van der Waals surface area contributed by atoms with Crippen molar-refractivity contribution in [2.24, 2.45) is 0 Å². The van der Waals surface area contributed by atoms with Crippen LogP contribution in [0.3, 0.4) is 0 Å². The Morgan fingerprint density at radius 3 is 2.63 bits per heavy atom. The highest BCUT2D eigenvalue weighted by Crippen LogP contribution is 2.43. The summed E-state index contributed by atoms with van der Waals surface area (Å²) in [6.45, 7) is 0.282. The van der Waals surface area contributed by atoms with E-state index < -0.39 is 5.60 Å². The fourth-order valence-corrected chi connectivity index (χ4v) is 3.75.